The molecule has 0 unspecified atom stereocenters. The van der Waals surface area contributed by atoms with Crippen molar-refractivity contribution in [2.75, 3.05) is 18.4 Å². The maximum absolute atomic E-state index is 13.9. The number of imidazole rings is 1. The van der Waals surface area contributed by atoms with Crippen LogP contribution in [0.3, 0.4) is 0 Å². The number of amides is 3. The number of carbonyl (C=O) groups is 3. The van der Waals surface area contributed by atoms with Gasteiger partial charge in [-0.05, 0) is 104 Å². The molecular formula is C29H29BrFN5O4. The van der Waals surface area contributed by atoms with E-state index < -0.39 is 11.8 Å². The van der Waals surface area contributed by atoms with Crippen molar-refractivity contribution in [3.8, 4) is 11.4 Å². The number of anilines is 1. The minimum Gasteiger partial charge on any atom is -0.444 e. The molecule has 0 spiro atoms. The van der Waals surface area contributed by atoms with Gasteiger partial charge in [0, 0.05) is 36.4 Å². The number of aromatic nitrogens is 2. The fraction of sp³-hybridized carbons (Fsp3) is 0.310. The lowest BCUT2D eigenvalue weighted by Gasteiger charge is -2.31. The van der Waals surface area contributed by atoms with Gasteiger partial charge < -0.3 is 24.5 Å². The normalized spacial score (nSPS) is 14.1. The highest BCUT2D eigenvalue weighted by molar-refractivity contribution is 9.10. The molecule has 9 nitrogen and oxygen atoms in total. The van der Waals surface area contributed by atoms with Gasteiger partial charge in [0.15, 0.2) is 10.4 Å². The Morgan fingerprint density at radius 2 is 1.82 bits per heavy atom. The third-order valence-electron chi connectivity index (χ3n) is 7.01. The summed E-state index contributed by atoms with van der Waals surface area (Å²) in [7, 11) is 0. The van der Waals surface area contributed by atoms with Crippen LogP contribution >= 0.6 is 15.9 Å². The number of piperidine rings is 1. The van der Waals surface area contributed by atoms with Crippen molar-refractivity contribution >= 4 is 50.4 Å². The summed E-state index contributed by atoms with van der Waals surface area (Å²) < 4.78 is 21.7. The molecule has 0 aliphatic carbocycles. The van der Waals surface area contributed by atoms with Crippen LogP contribution in [0.4, 0.5) is 10.1 Å². The van der Waals surface area contributed by atoms with E-state index in [9.17, 15) is 18.8 Å². The molecule has 1 aliphatic heterocycles. The third kappa shape index (κ3) is 5.65. The van der Waals surface area contributed by atoms with Crippen LogP contribution in [0.15, 0.2) is 57.6 Å². The second-order valence-corrected chi connectivity index (χ2v) is 10.9. The summed E-state index contributed by atoms with van der Waals surface area (Å²) in [5.41, 5.74) is 3.51. The first kappa shape index (κ1) is 27.6. The van der Waals surface area contributed by atoms with Crippen molar-refractivity contribution in [2.24, 2.45) is 0 Å². The number of hydrogen-bond donors (Lipinski definition) is 2. The van der Waals surface area contributed by atoms with Crippen LogP contribution in [0.25, 0.3) is 22.4 Å². The van der Waals surface area contributed by atoms with Crippen LogP contribution in [0.1, 0.15) is 48.8 Å². The second-order valence-electron chi connectivity index (χ2n) is 10.2. The van der Waals surface area contributed by atoms with Crippen molar-refractivity contribution in [2.45, 2.75) is 45.7 Å². The molecule has 0 bridgehead atoms. The Balaban J connectivity index is 1.22. The van der Waals surface area contributed by atoms with Gasteiger partial charge in [-0.2, -0.15) is 0 Å². The van der Waals surface area contributed by atoms with Crippen LogP contribution in [0, 0.1) is 12.7 Å². The van der Waals surface area contributed by atoms with E-state index in [0.717, 1.165) is 11.1 Å². The van der Waals surface area contributed by atoms with E-state index in [1.807, 2.05) is 37.5 Å². The lowest BCUT2D eigenvalue weighted by molar-refractivity contribution is -0.143. The number of furan rings is 1. The molecule has 208 valence electrons. The molecule has 3 heterocycles. The summed E-state index contributed by atoms with van der Waals surface area (Å²) in [4.78, 5) is 44.2. The van der Waals surface area contributed by atoms with Crippen molar-refractivity contribution in [1.29, 1.82) is 0 Å². The summed E-state index contributed by atoms with van der Waals surface area (Å²) in [5, 5.41) is 5.64. The predicted molar refractivity (Wildman–Crippen MR) is 152 cm³/mol. The van der Waals surface area contributed by atoms with Gasteiger partial charge in [0.2, 0.25) is 0 Å². The smallest absolute Gasteiger partial charge is 0.313 e. The summed E-state index contributed by atoms with van der Waals surface area (Å²) in [5.74, 6) is -1.07. The van der Waals surface area contributed by atoms with Crippen molar-refractivity contribution < 1.29 is 23.2 Å². The Kier molecular flexibility index (Phi) is 7.75. The quantitative estimate of drug-likeness (QED) is 0.293. The van der Waals surface area contributed by atoms with Gasteiger partial charge in [-0.15, -0.1) is 0 Å². The molecule has 40 heavy (non-hydrogen) atoms. The van der Waals surface area contributed by atoms with Crippen molar-refractivity contribution in [1.82, 2.24) is 19.8 Å². The maximum atomic E-state index is 13.9. The van der Waals surface area contributed by atoms with E-state index in [4.69, 9.17) is 9.40 Å². The van der Waals surface area contributed by atoms with Gasteiger partial charge in [-0.1, -0.05) is 0 Å². The lowest BCUT2D eigenvalue weighted by Crippen LogP contribution is -2.49. The maximum Gasteiger partial charge on any atom is 0.313 e. The Morgan fingerprint density at radius 1 is 1.07 bits per heavy atom. The summed E-state index contributed by atoms with van der Waals surface area (Å²) in [6.07, 6.45) is 1.06. The number of nitrogens with zero attached hydrogens (tertiary/aromatic N) is 3. The van der Waals surface area contributed by atoms with Crippen LogP contribution in [-0.4, -0.2) is 51.3 Å². The molecule has 2 N–H and O–H groups in total. The number of nitrogens with one attached hydrogen (secondary N) is 2. The molecule has 1 saturated heterocycles. The Labute approximate surface area is 238 Å². The second kappa shape index (κ2) is 11.2. The SMILES string of the molecule is Cc1cc(-c2nc3ccc(F)cc3n2C(C)C)ccc1NC(=O)C(=O)N1CCC(NC(=O)c2ccc(Br)o2)CC1. The third-order valence-corrected chi connectivity index (χ3v) is 7.44. The first-order chi connectivity index (χ1) is 19.1. The van der Waals surface area contributed by atoms with E-state index in [0.29, 0.717) is 53.1 Å². The minimum absolute atomic E-state index is 0.0453. The monoisotopic (exact) mass is 609 g/mol. The number of aryl methyl sites for hydroxylation is 1. The molecule has 4 aromatic rings. The first-order valence-corrected chi connectivity index (χ1v) is 13.8. The average Bonchev–Trinajstić information content (AvgIpc) is 3.53. The van der Waals surface area contributed by atoms with Crippen molar-refractivity contribution in [3.63, 3.8) is 0 Å². The van der Waals surface area contributed by atoms with E-state index in [1.54, 1.807) is 24.3 Å². The van der Waals surface area contributed by atoms with E-state index in [-0.39, 0.29) is 29.6 Å². The molecule has 3 amide bonds. The Hall–Kier alpha value is -3.99. The standard InChI is InChI=1S/C29H29BrFN5O4/c1-16(2)36-23-15-19(31)5-7-22(23)33-26(36)18-4-6-21(17(3)14-18)34-28(38)29(39)35-12-10-20(11-13-35)32-27(37)24-8-9-25(30)40-24/h4-9,14-16,20H,10-13H2,1-3H3,(H,32,37)(H,34,38). The number of hydrogen-bond acceptors (Lipinski definition) is 5. The van der Waals surface area contributed by atoms with Crippen LogP contribution < -0.4 is 10.6 Å². The highest BCUT2D eigenvalue weighted by atomic mass is 79.9. The van der Waals surface area contributed by atoms with Crippen molar-refractivity contribution in [3.05, 3.63) is 70.3 Å². The van der Waals surface area contributed by atoms with Crippen LogP contribution in [0.5, 0.6) is 0 Å². The lowest BCUT2D eigenvalue weighted by atomic mass is 10.0. The number of carbonyl (C=O) groups excluding carboxylic acids is 3. The van der Waals surface area contributed by atoms with Gasteiger partial charge in [-0.3, -0.25) is 14.4 Å². The summed E-state index contributed by atoms with van der Waals surface area (Å²) in [6.45, 7) is 6.57. The largest absolute Gasteiger partial charge is 0.444 e. The molecule has 11 heteroatoms. The number of halogens is 2. The molecule has 5 rings (SSSR count). The molecule has 0 radical (unpaired) electrons. The summed E-state index contributed by atoms with van der Waals surface area (Å²) in [6, 6.07) is 13.2. The molecule has 1 aliphatic rings. The first-order valence-electron chi connectivity index (χ1n) is 13.1. The zero-order chi connectivity index (χ0) is 28.6. The van der Waals surface area contributed by atoms with Gasteiger partial charge in [0.05, 0.1) is 11.0 Å². The molecular weight excluding hydrogens is 581 g/mol. The topological polar surface area (TPSA) is 109 Å². The number of likely N-dealkylation sites (tertiary alicyclic amines) is 1. The number of fused-ring (bicyclic) bond motifs is 1. The average molecular weight is 610 g/mol. The number of benzene rings is 2. The molecule has 2 aromatic heterocycles. The zero-order valence-electron chi connectivity index (χ0n) is 22.3. The Bertz CT molecular complexity index is 1600. The fourth-order valence-electron chi connectivity index (χ4n) is 4.97. The predicted octanol–water partition coefficient (Wildman–Crippen LogP) is 5.45. The van der Waals surface area contributed by atoms with Gasteiger partial charge >= 0.3 is 11.8 Å². The fourth-order valence-corrected chi connectivity index (χ4v) is 5.28. The van der Waals surface area contributed by atoms with Gasteiger partial charge in [-0.25, -0.2) is 9.37 Å². The Morgan fingerprint density at radius 3 is 2.48 bits per heavy atom. The minimum atomic E-state index is -0.719. The molecule has 1 fully saturated rings. The highest BCUT2D eigenvalue weighted by Gasteiger charge is 2.29. The number of rotatable bonds is 5. The van der Waals surface area contributed by atoms with Crippen LogP contribution in [0.2, 0.25) is 0 Å². The van der Waals surface area contributed by atoms with E-state index in [1.165, 1.54) is 17.0 Å². The molecule has 0 saturated carbocycles. The molecule has 0 atom stereocenters. The molecule has 2 aromatic carbocycles. The zero-order valence-corrected chi connectivity index (χ0v) is 23.9. The van der Waals surface area contributed by atoms with E-state index >= 15 is 0 Å². The summed E-state index contributed by atoms with van der Waals surface area (Å²) >= 11 is 3.18. The van der Waals surface area contributed by atoms with Gasteiger partial charge in [0.25, 0.3) is 5.91 Å². The van der Waals surface area contributed by atoms with E-state index in [2.05, 4.69) is 26.6 Å². The van der Waals surface area contributed by atoms with Crippen LogP contribution in [-0.2, 0) is 9.59 Å². The highest BCUT2D eigenvalue weighted by Crippen LogP contribution is 2.31. The van der Waals surface area contributed by atoms with Gasteiger partial charge in [0.1, 0.15) is 11.6 Å².